The zero-order valence-corrected chi connectivity index (χ0v) is 9.73. The number of nitrogens with two attached hydrogens (primary N) is 1. The fourth-order valence-electron chi connectivity index (χ4n) is 1.36. The topological polar surface area (TPSA) is 71.2 Å². The minimum absolute atomic E-state index is 0.0261. The van der Waals surface area contributed by atoms with Gasteiger partial charge in [-0.05, 0) is 19.1 Å². The van der Waals surface area contributed by atoms with Gasteiger partial charge in [0.05, 0.1) is 12.2 Å². The molecule has 16 heavy (non-hydrogen) atoms. The third kappa shape index (κ3) is 3.20. The standard InChI is InChI=1S/C11H18N4O/c1-3-15(8-11(16)13-2)10-6-4-5-9(7-12)14-10/h4-6H,3,7-8,12H2,1-2H3,(H,13,16). The first kappa shape index (κ1) is 12.4. The van der Waals surface area contributed by atoms with Crippen LogP contribution < -0.4 is 16.0 Å². The van der Waals surface area contributed by atoms with E-state index in [1.807, 2.05) is 30.0 Å². The Labute approximate surface area is 95.7 Å². The Bertz CT molecular complexity index is 354. The first-order chi connectivity index (χ1) is 7.71. The molecule has 0 aliphatic carbocycles. The van der Waals surface area contributed by atoms with Crippen molar-refractivity contribution < 1.29 is 4.79 Å². The normalized spacial score (nSPS) is 9.94. The van der Waals surface area contributed by atoms with Gasteiger partial charge in [0, 0.05) is 20.1 Å². The number of nitrogens with one attached hydrogen (secondary N) is 1. The van der Waals surface area contributed by atoms with Crippen molar-refractivity contribution in [3.8, 4) is 0 Å². The summed E-state index contributed by atoms with van der Waals surface area (Å²) in [5, 5.41) is 2.60. The van der Waals surface area contributed by atoms with Crippen molar-refractivity contribution in [3.05, 3.63) is 23.9 Å². The smallest absolute Gasteiger partial charge is 0.239 e. The summed E-state index contributed by atoms with van der Waals surface area (Å²) in [6.07, 6.45) is 0. The van der Waals surface area contributed by atoms with Crippen molar-refractivity contribution in [2.75, 3.05) is 25.0 Å². The molecule has 1 aromatic heterocycles. The second-order valence-electron chi connectivity index (χ2n) is 3.38. The summed E-state index contributed by atoms with van der Waals surface area (Å²) in [5.74, 6) is 0.760. The van der Waals surface area contributed by atoms with Gasteiger partial charge >= 0.3 is 0 Å². The number of nitrogens with zero attached hydrogens (tertiary/aromatic N) is 2. The Balaban J connectivity index is 2.81. The van der Waals surface area contributed by atoms with Crippen molar-refractivity contribution in [1.82, 2.24) is 10.3 Å². The van der Waals surface area contributed by atoms with E-state index in [0.717, 1.165) is 18.1 Å². The van der Waals surface area contributed by atoms with Crippen LogP contribution in [0.25, 0.3) is 0 Å². The average Bonchev–Trinajstić information content (AvgIpc) is 2.35. The fourth-order valence-corrected chi connectivity index (χ4v) is 1.36. The monoisotopic (exact) mass is 222 g/mol. The van der Waals surface area contributed by atoms with Crippen molar-refractivity contribution in [2.24, 2.45) is 5.73 Å². The van der Waals surface area contributed by atoms with Crippen LogP contribution in [0, 0.1) is 0 Å². The predicted octanol–water partition coefficient (Wildman–Crippen LogP) is 0.113. The molecule has 0 aliphatic rings. The fraction of sp³-hybridized carbons (Fsp3) is 0.455. The summed E-state index contributed by atoms with van der Waals surface area (Å²) in [5.41, 5.74) is 6.35. The average molecular weight is 222 g/mol. The van der Waals surface area contributed by atoms with Gasteiger partial charge in [0.2, 0.25) is 5.91 Å². The largest absolute Gasteiger partial charge is 0.358 e. The lowest BCUT2D eigenvalue weighted by Gasteiger charge is -2.21. The molecule has 0 radical (unpaired) electrons. The third-order valence-corrected chi connectivity index (χ3v) is 2.32. The second kappa shape index (κ2) is 6.07. The highest BCUT2D eigenvalue weighted by Gasteiger charge is 2.09. The van der Waals surface area contributed by atoms with Crippen molar-refractivity contribution in [3.63, 3.8) is 0 Å². The molecule has 5 heteroatoms. The molecule has 0 spiro atoms. The van der Waals surface area contributed by atoms with E-state index in [1.165, 1.54) is 0 Å². The molecule has 1 heterocycles. The Kier molecular flexibility index (Phi) is 4.72. The maximum Gasteiger partial charge on any atom is 0.239 e. The molecule has 0 fully saturated rings. The van der Waals surface area contributed by atoms with Gasteiger partial charge in [0.15, 0.2) is 0 Å². The highest BCUT2D eigenvalue weighted by molar-refractivity contribution is 5.80. The predicted molar refractivity (Wildman–Crippen MR) is 64.1 cm³/mol. The van der Waals surface area contributed by atoms with E-state index in [2.05, 4.69) is 10.3 Å². The first-order valence-electron chi connectivity index (χ1n) is 5.32. The van der Waals surface area contributed by atoms with E-state index in [-0.39, 0.29) is 5.91 Å². The zero-order valence-electron chi connectivity index (χ0n) is 9.73. The number of aromatic nitrogens is 1. The van der Waals surface area contributed by atoms with E-state index < -0.39 is 0 Å². The lowest BCUT2D eigenvalue weighted by atomic mass is 10.3. The molecule has 0 unspecified atom stereocenters. The van der Waals surface area contributed by atoms with Gasteiger partial charge in [-0.25, -0.2) is 4.98 Å². The molecule has 0 saturated heterocycles. The quantitative estimate of drug-likeness (QED) is 0.742. The number of anilines is 1. The van der Waals surface area contributed by atoms with Crippen LogP contribution in [-0.2, 0) is 11.3 Å². The Morgan fingerprint density at radius 3 is 2.88 bits per heavy atom. The van der Waals surface area contributed by atoms with Crippen LogP contribution in [0.3, 0.4) is 0 Å². The maximum atomic E-state index is 11.3. The van der Waals surface area contributed by atoms with E-state index in [4.69, 9.17) is 5.73 Å². The number of carbonyl (C=O) groups excluding carboxylic acids is 1. The number of hydrogen-bond acceptors (Lipinski definition) is 4. The summed E-state index contributed by atoms with van der Waals surface area (Å²) in [6, 6.07) is 5.65. The van der Waals surface area contributed by atoms with Crippen LogP contribution in [0.4, 0.5) is 5.82 Å². The van der Waals surface area contributed by atoms with E-state index in [1.54, 1.807) is 7.05 Å². The Morgan fingerprint density at radius 1 is 1.56 bits per heavy atom. The number of carbonyl (C=O) groups is 1. The Hall–Kier alpha value is -1.62. The lowest BCUT2D eigenvalue weighted by molar-refractivity contribution is -0.119. The van der Waals surface area contributed by atoms with Gasteiger partial charge in [-0.3, -0.25) is 4.79 Å². The number of likely N-dealkylation sites (N-methyl/N-ethyl adjacent to an activating group) is 2. The number of rotatable bonds is 5. The van der Waals surface area contributed by atoms with Crippen molar-refractivity contribution >= 4 is 11.7 Å². The number of hydrogen-bond donors (Lipinski definition) is 2. The second-order valence-corrected chi connectivity index (χ2v) is 3.38. The van der Waals surface area contributed by atoms with Crippen molar-refractivity contribution in [1.29, 1.82) is 0 Å². The summed E-state index contributed by atoms with van der Waals surface area (Å²) in [4.78, 5) is 17.6. The van der Waals surface area contributed by atoms with Gasteiger partial charge < -0.3 is 16.0 Å². The van der Waals surface area contributed by atoms with E-state index in [0.29, 0.717) is 13.1 Å². The molecule has 0 aromatic carbocycles. The summed E-state index contributed by atoms with van der Waals surface area (Å²) < 4.78 is 0. The summed E-state index contributed by atoms with van der Waals surface area (Å²) in [6.45, 7) is 3.44. The van der Waals surface area contributed by atoms with E-state index >= 15 is 0 Å². The lowest BCUT2D eigenvalue weighted by Crippen LogP contribution is -2.36. The van der Waals surface area contributed by atoms with Gasteiger partial charge in [-0.1, -0.05) is 6.07 Å². The molecule has 5 nitrogen and oxygen atoms in total. The first-order valence-corrected chi connectivity index (χ1v) is 5.32. The number of pyridine rings is 1. The molecular formula is C11H18N4O. The molecular weight excluding hydrogens is 204 g/mol. The summed E-state index contributed by atoms with van der Waals surface area (Å²) >= 11 is 0. The number of amides is 1. The minimum Gasteiger partial charge on any atom is -0.358 e. The van der Waals surface area contributed by atoms with Gasteiger partial charge in [-0.15, -0.1) is 0 Å². The maximum absolute atomic E-state index is 11.3. The third-order valence-electron chi connectivity index (χ3n) is 2.32. The highest BCUT2D eigenvalue weighted by atomic mass is 16.1. The molecule has 1 amide bonds. The van der Waals surface area contributed by atoms with Crippen LogP contribution in [-0.4, -0.2) is 31.0 Å². The molecule has 0 saturated carbocycles. The zero-order chi connectivity index (χ0) is 12.0. The summed E-state index contributed by atoms with van der Waals surface area (Å²) in [7, 11) is 1.62. The van der Waals surface area contributed by atoms with Gasteiger partial charge in [0.1, 0.15) is 5.82 Å². The molecule has 0 atom stereocenters. The molecule has 0 bridgehead atoms. The highest BCUT2D eigenvalue weighted by Crippen LogP contribution is 2.10. The molecule has 88 valence electrons. The minimum atomic E-state index is -0.0261. The van der Waals surface area contributed by atoms with Crippen LogP contribution in [0.15, 0.2) is 18.2 Å². The van der Waals surface area contributed by atoms with Gasteiger partial charge in [0.25, 0.3) is 0 Å². The van der Waals surface area contributed by atoms with E-state index in [9.17, 15) is 4.79 Å². The van der Waals surface area contributed by atoms with Crippen LogP contribution in [0.1, 0.15) is 12.6 Å². The van der Waals surface area contributed by atoms with Crippen molar-refractivity contribution in [2.45, 2.75) is 13.5 Å². The van der Waals surface area contributed by atoms with Crippen LogP contribution in [0.5, 0.6) is 0 Å². The Morgan fingerprint density at radius 2 is 2.31 bits per heavy atom. The SMILES string of the molecule is CCN(CC(=O)NC)c1cccc(CN)n1. The molecule has 1 aromatic rings. The van der Waals surface area contributed by atoms with Gasteiger partial charge in [-0.2, -0.15) is 0 Å². The van der Waals surface area contributed by atoms with Crippen LogP contribution in [0.2, 0.25) is 0 Å². The van der Waals surface area contributed by atoms with Crippen LogP contribution >= 0.6 is 0 Å². The molecule has 0 aliphatic heterocycles. The molecule has 3 N–H and O–H groups in total. The molecule has 1 rings (SSSR count).